The minimum absolute atomic E-state index is 0.00217. The lowest BCUT2D eigenvalue weighted by molar-refractivity contribution is -0.140. The molecule has 6 N–H and O–H groups in total. The fraction of sp³-hybridized carbons (Fsp3) is 0.576. The number of nitrogens with zero attached hydrogens (tertiary/aromatic N) is 4. The molecule has 4 atom stereocenters. The molecule has 1 aromatic heterocycles. The predicted octanol–water partition coefficient (Wildman–Crippen LogP) is -0.686. The summed E-state index contributed by atoms with van der Waals surface area (Å²) in [6, 6.07) is 4.82. The number of fused-ring (bicyclic) bond motifs is 2. The molecule has 0 spiro atoms. The highest BCUT2D eigenvalue weighted by atomic mass is 16.5. The largest absolute Gasteiger partial charge is 0.372 e. The molecule has 2 aliphatic rings. The van der Waals surface area contributed by atoms with Crippen LogP contribution in [0.5, 0.6) is 0 Å². The van der Waals surface area contributed by atoms with Gasteiger partial charge in [0.2, 0.25) is 35.4 Å². The van der Waals surface area contributed by atoms with Crippen LogP contribution in [0, 0.1) is 5.92 Å². The van der Waals surface area contributed by atoms with Crippen molar-refractivity contribution < 1.29 is 33.5 Å². The van der Waals surface area contributed by atoms with Crippen molar-refractivity contribution in [2.75, 3.05) is 19.7 Å². The van der Waals surface area contributed by atoms with Crippen LogP contribution >= 0.6 is 0 Å². The zero-order valence-electron chi connectivity index (χ0n) is 28.1. The summed E-state index contributed by atoms with van der Waals surface area (Å²) in [7, 11) is 0. The SMILES string of the molecule is CC(C)C[C@H](NC(=O)[C@@H]1COCc2cnnn2CCCCC(=O)NCC(=O)N2CCC[C@H]2C(=O)N[C@@H](Cc2ccccc2)C(=O)N1)C(N)=O. The van der Waals surface area contributed by atoms with Crippen LogP contribution in [-0.2, 0) is 53.1 Å². The van der Waals surface area contributed by atoms with E-state index in [-0.39, 0.29) is 50.8 Å². The lowest BCUT2D eigenvalue weighted by atomic mass is 10.0. The molecule has 1 aromatic carbocycles. The lowest BCUT2D eigenvalue weighted by Gasteiger charge is -2.28. The Balaban J connectivity index is 1.61. The zero-order chi connectivity index (χ0) is 35.3. The molecule has 16 heteroatoms. The first-order valence-corrected chi connectivity index (χ1v) is 16.8. The highest BCUT2D eigenvalue weighted by Crippen LogP contribution is 2.18. The van der Waals surface area contributed by atoms with Crippen molar-refractivity contribution >= 4 is 35.4 Å². The van der Waals surface area contributed by atoms with E-state index in [1.54, 1.807) is 28.9 Å². The van der Waals surface area contributed by atoms with Crippen molar-refractivity contribution in [2.24, 2.45) is 11.7 Å². The second-order valence-corrected chi connectivity index (χ2v) is 12.8. The van der Waals surface area contributed by atoms with Gasteiger partial charge in [-0.15, -0.1) is 5.10 Å². The van der Waals surface area contributed by atoms with Gasteiger partial charge in [-0.2, -0.15) is 0 Å². The van der Waals surface area contributed by atoms with Crippen LogP contribution in [0.1, 0.15) is 63.6 Å². The van der Waals surface area contributed by atoms with Crippen LogP contribution in [0.3, 0.4) is 0 Å². The molecule has 3 heterocycles. The Hall–Kier alpha value is -4.86. The number of carbonyl (C=O) groups excluding carboxylic acids is 6. The van der Waals surface area contributed by atoms with E-state index < -0.39 is 53.7 Å². The summed E-state index contributed by atoms with van der Waals surface area (Å²) in [4.78, 5) is 80.4. The van der Waals surface area contributed by atoms with Crippen molar-refractivity contribution in [1.29, 1.82) is 0 Å². The van der Waals surface area contributed by atoms with Crippen LogP contribution < -0.4 is 27.0 Å². The van der Waals surface area contributed by atoms with E-state index in [1.807, 2.05) is 19.9 Å². The number of hydrogen-bond acceptors (Lipinski definition) is 9. The van der Waals surface area contributed by atoms with E-state index in [1.165, 1.54) is 11.1 Å². The Labute approximate surface area is 285 Å². The van der Waals surface area contributed by atoms with E-state index in [4.69, 9.17) is 10.5 Å². The molecule has 0 bridgehead atoms. The molecular weight excluding hydrogens is 634 g/mol. The van der Waals surface area contributed by atoms with Gasteiger partial charge in [0.25, 0.3) is 0 Å². The maximum Gasteiger partial charge on any atom is 0.245 e. The fourth-order valence-corrected chi connectivity index (χ4v) is 5.88. The van der Waals surface area contributed by atoms with Gasteiger partial charge in [-0.05, 0) is 43.6 Å². The van der Waals surface area contributed by atoms with Crippen LogP contribution in [0.15, 0.2) is 36.5 Å². The van der Waals surface area contributed by atoms with Crippen LogP contribution in [0.2, 0.25) is 0 Å². The summed E-state index contributed by atoms with van der Waals surface area (Å²) in [6.07, 6.45) is 4.19. The molecule has 2 aromatic rings. The number of rotatable bonds is 7. The first-order chi connectivity index (χ1) is 23.5. The quantitative estimate of drug-likeness (QED) is 0.249. The van der Waals surface area contributed by atoms with Crippen molar-refractivity contribution in [3.63, 3.8) is 0 Å². The minimum Gasteiger partial charge on any atom is -0.372 e. The Kier molecular flexibility index (Phi) is 13.6. The average molecular weight is 682 g/mol. The third kappa shape index (κ3) is 11.1. The first kappa shape index (κ1) is 37.0. The number of nitrogens with one attached hydrogen (secondary N) is 4. The molecule has 2 aliphatic heterocycles. The lowest BCUT2D eigenvalue weighted by Crippen LogP contribution is -2.59. The number of ether oxygens (including phenoxy) is 1. The maximum atomic E-state index is 13.9. The number of benzene rings is 1. The summed E-state index contributed by atoms with van der Waals surface area (Å²) in [5.74, 6) is -3.22. The molecule has 1 saturated heterocycles. The van der Waals surface area contributed by atoms with Gasteiger partial charge >= 0.3 is 0 Å². The molecular formula is C33H47N9O7. The molecule has 0 saturated carbocycles. The van der Waals surface area contributed by atoms with Gasteiger partial charge in [-0.3, -0.25) is 28.8 Å². The summed E-state index contributed by atoms with van der Waals surface area (Å²) >= 11 is 0. The second-order valence-electron chi connectivity index (χ2n) is 12.8. The van der Waals surface area contributed by atoms with E-state index in [0.29, 0.717) is 44.5 Å². The second kappa shape index (κ2) is 18.1. The molecule has 0 unspecified atom stereocenters. The fourth-order valence-electron chi connectivity index (χ4n) is 5.88. The van der Waals surface area contributed by atoms with Crippen molar-refractivity contribution in [3.05, 3.63) is 47.8 Å². The molecule has 266 valence electrons. The smallest absolute Gasteiger partial charge is 0.245 e. The Bertz CT molecular complexity index is 1470. The van der Waals surface area contributed by atoms with Crippen LogP contribution in [-0.4, -0.2) is 99.2 Å². The van der Waals surface area contributed by atoms with Gasteiger partial charge in [-0.1, -0.05) is 49.4 Å². The van der Waals surface area contributed by atoms with Gasteiger partial charge in [0.15, 0.2) is 0 Å². The molecule has 0 aliphatic carbocycles. The first-order valence-electron chi connectivity index (χ1n) is 16.8. The Morgan fingerprint density at radius 1 is 1.04 bits per heavy atom. The molecule has 1 fully saturated rings. The van der Waals surface area contributed by atoms with Crippen molar-refractivity contribution in [1.82, 2.24) is 41.2 Å². The van der Waals surface area contributed by atoms with Crippen LogP contribution in [0.25, 0.3) is 0 Å². The highest BCUT2D eigenvalue weighted by molar-refractivity contribution is 5.96. The third-order valence-corrected chi connectivity index (χ3v) is 8.48. The Morgan fingerprint density at radius 2 is 1.82 bits per heavy atom. The number of hydrogen-bond donors (Lipinski definition) is 5. The molecule has 49 heavy (non-hydrogen) atoms. The van der Waals surface area contributed by atoms with E-state index >= 15 is 0 Å². The van der Waals surface area contributed by atoms with Gasteiger partial charge in [0, 0.05) is 25.9 Å². The predicted molar refractivity (Wildman–Crippen MR) is 176 cm³/mol. The number of nitrogens with two attached hydrogens (primary N) is 1. The number of aromatic nitrogens is 3. The monoisotopic (exact) mass is 681 g/mol. The summed E-state index contributed by atoms with van der Waals surface area (Å²) in [5.41, 5.74) is 6.94. The molecule has 6 amide bonds. The van der Waals surface area contributed by atoms with Gasteiger partial charge in [0.1, 0.15) is 24.2 Å². The average Bonchev–Trinajstić information content (AvgIpc) is 3.74. The normalized spacial score (nSPS) is 22.5. The van der Waals surface area contributed by atoms with Crippen LogP contribution in [0.4, 0.5) is 0 Å². The topological polar surface area (TPSA) is 220 Å². The van der Waals surface area contributed by atoms with Gasteiger partial charge < -0.3 is 36.6 Å². The number of amides is 6. The number of carbonyl (C=O) groups is 6. The van der Waals surface area contributed by atoms with E-state index in [0.717, 1.165) is 5.56 Å². The van der Waals surface area contributed by atoms with Gasteiger partial charge in [-0.25, -0.2) is 4.68 Å². The van der Waals surface area contributed by atoms with E-state index in [2.05, 4.69) is 31.6 Å². The highest BCUT2D eigenvalue weighted by Gasteiger charge is 2.37. The van der Waals surface area contributed by atoms with Gasteiger partial charge in [0.05, 0.1) is 31.6 Å². The van der Waals surface area contributed by atoms with Crippen molar-refractivity contribution in [2.45, 2.75) is 96.1 Å². The molecule has 16 nitrogen and oxygen atoms in total. The minimum atomic E-state index is -1.27. The number of aryl methyl sites for hydroxylation is 1. The summed E-state index contributed by atoms with van der Waals surface area (Å²) < 4.78 is 7.52. The zero-order valence-corrected chi connectivity index (χ0v) is 28.1. The maximum absolute atomic E-state index is 13.9. The standard InChI is InChI=1S/C33H47N9O7/c1-21(2)15-24(30(34)45)37-32(47)26-20-49-19-23-17-36-40-42(23)14-7-6-12-28(43)35-18-29(44)41-13-8-11-27(41)33(48)38-25(31(46)39-26)16-22-9-4-3-5-10-22/h3-5,9-10,17,21,24-27H,6-8,11-16,18-20H2,1-2H3,(H2,34,45)(H,35,43)(H,37,47)(H,38,48)(H,39,46)/t24-,25-,26-,27-/m0/s1. The van der Waals surface area contributed by atoms with E-state index in [9.17, 15) is 28.8 Å². The number of primary amides is 1. The Morgan fingerprint density at radius 3 is 2.55 bits per heavy atom. The molecule has 4 rings (SSSR count). The summed E-state index contributed by atoms with van der Waals surface area (Å²) in [5, 5.41) is 18.9. The summed E-state index contributed by atoms with van der Waals surface area (Å²) in [6.45, 7) is 4.02. The third-order valence-electron chi connectivity index (χ3n) is 8.48. The van der Waals surface area contributed by atoms with Crippen molar-refractivity contribution in [3.8, 4) is 0 Å². The molecule has 0 radical (unpaired) electrons.